The predicted molar refractivity (Wildman–Crippen MR) is 64.8 cm³/mol. The maximum Gasteiger partial charge on any atom is 0.0314 e. The monoisotopic (exact) mass is 204 g/mol. The van der Waals surface area contributed by atoms with Gasteiger partial charge in [-0.3, -0.25) is 0 Å². The van der Waals surface area contributed by atoms with Gasteiger partial charge in [0, 0.05) is 11.7 Å². The van der Waals surface area contributed by atoms with Gasteiger partial charge in [-0.2, -0.15) is 0 Å². The molecule has 0 radical (unpaired) electrons. The molecule has 1 heterocycles. The highest BCUT2D eigenvalue weighted by Gasteiger charge is 2.22. The molecule has 1 aromatic carbocycles. The SMILES string of the molecule is CCN1CCCC1Cc1ccc(N)cc1. The first-order chi connectivity index (χ1) is 7.29. The van der Waals surface area contributed by atoms with Crippen LogP contribution >= 0.6 is 0 Å². The van der Waals surface area contributed by atoms with E-state index in [4.69, 9.17) is 5.73 Å². The summed E-state index contributed by atoms with van der Waals surface area (Å²) in [6.45, 7) is 4.71. The molecule has 1 atom stereocenters. The summed E-state index contributed by atoms with van der Waals surface area (Å²) in [7, 11) is 0. The van der Waals surface area contributed by atoms with Crippen molar-refractivity contribution in [1.82, 2.24) is 4.90 Å². The van der Waals surface area contributed by atoms with Crippen LogP contribution in [0.2, 0.25) is 0 Å². The van der Waals surface area contributed by atoms with Gasteiger partial charge in [-0.25, -0.2) is 0 Å². The number of nitrogens with zero attached hydrogens (tertiary/aromatic N) is 1. The van der Waals surface area contributed by atoms with Gasteiger partial charge >= 0.3 is 0 Å². The average molecular weight is 204 g/mol. The van der Waals surface area contributed by atoms with E-state index in [-0.39, 0.29) is 0 Å². The highest BCUT2D eigenvalue weighted by atomic mass is 15.2. The van der Waals surface area contributed by atoms with Crippen molar-refractivity contribution in [1.29, 1.82) is 0 Å². The molecule has 0 aliphatic carbocycles. The van der Waals surface area contributed by atoms with E-state index >= 15 is 0 Å². The summed E-state index contributed by atoms with van der Waals surface area (Å²) in [5, 5.41) is 0. The van der Waals surface area contributed by atoms with Crippen LogP contribution in [-0.4, -0.2) is 24.0 Å². The highest BCUT2D eigenvalue weighted by Crippen LogP contribution is 2.20. The third-order valence-corrected chi connectivity index (χ3v) is 3.36. The van der Waals surface area contributed by atoms with Gasteiger partial charge in [-0.1, -0.05) is 19.1 Å². The molecule has 82 valence electrons. The number of anilines is 1. The van der Waals surface area contributed by atoms with E-state index in [2.05, 4.69) is 24.0 Å². The third-order valence-electron chi connectivity index (χ3n) is 3.36. The molecule has 2 N–H and O–H groups in total. The first-order valence-electron chi connectivity index (χ1n) is 5.88. The van der Waals surface area contributed by atoms with Crippen molar-refractivity contribution < 1.29 is 0 Å². The average Bonchev–Trinajstić information content (AvgIpc) is 2.69. The number of hydrogen-bond donors (Lipinski definition) is 1. The second kappa shape index (κ2) is 4.67. The summed E-state index contributed by atoms with van der Waals surface area (Å²) in [4.78, 5) is 2.58. The molecule has 2 nitrogen and oxygen atoms in total. The number of nitrogen functional groups attached to an aromatic ring is 1. The molecule has 1 aromatic rings. The van der Waals surface area contributed by atoms with Crippen molar-refractivity contribution in [3.8, 4) is 0 Å². The molecule has 0 aromatic heterocycles. The minimum absolute atomic E-state index is 0.749. The van der Waals surface area contributed by atoms with Crippen molar-refractivity contribution in [2.24, 2.45) is 0 Å². The van der Waals surface area contributed by atoms with E-state index in [0.29, 0.717) is 0 Å². The highest BCUT2D eigenvalue weighted by molar-refractivity contribution is 5.39. The Morgan fingerprint density at radius 3 is 2.73 bits per heavy atom. The Morgan fingerprint density at radius 2 is 2.07 bits per heavy atom. The van der Waals surface area contributed by atoms with Gasteiger partial charge in [-0.15, -0.1) is 0 Å². The van der Waals surface area contributed by atoms with Crippen molar-refractivity contribution in [2.75, 3.05) is 18.8 Å². The molecule has 0 spiro atoms. The molecule has 1 aliphatic heterocycles. The van der Waals surface area contributed by atoms with E-state index in [0.717, 1.165) is 11.7 Å². The summed E-state index contributed by atoms with van der Waals surface area (Å²) in [6.07, 6.45) is 3.87. The van der Waals surface area contributed by atoms with Crippen LogP contribution in [0.15, 0.2) is 24.3 Å². The number of rotatable bonds is 3. The van der Waals surface area contributed by atoms with Crippen LogP contribution in [0.4, 0.5) is 5.69 Å². The second-order valence-electron chi connectivity index (χ2n) is 4.37. The van der Waals surface area contributed by atoms with Crippen molar-refractivity contribution in [2.45, 2.75) is 32.2 Å². The molecular weight excluding hydrogens is 184 g/mol. The van der Waals surface area contributed by atoms with Crippen molar-refractivity contribution in [3.05, 3.63) is 29.8 Å². The van der Waals surface area contributed by atoms with E-state index in [1.165, 1.54) is 37.9 Å². The minimum atomic E-state index is 0.749. The van der Waals surface area contributed by atoms with Crippen molar-refractivity contribution in [3.63, 3.8) is 0 Å². The van der Waals surface area contributed by atoms with Crippen LogP contribution in [0.25, 0.3) is 0 Å². The van der Waals surface area contributed by atoms with Gasteiger partial charge in [0.1, 0.15) is 0 Å². The van der Waals surface area contributed by atoms with E-state index in [9.17, 15) is 0 Å². The number of hydrogen-bond acceptors (Lipinski definition) is 2. The number of likely N-dealkylation sites (N-methyl/N-ethyl adjacent to an activating group) is 1. The first-order valence-corrected chi connectivity index (χ1v) is 5.88. The topological polar surface area (TPSA) is 29.3 Å². The van der Waals surface area contributed by atoms with Crippen molar-refractivity contribution >= 4 is 5.69 Å². The number of nitrogens with two attached hydrogens (primary N) is 1. The lowest BCUT2D eigenvalue weighted by atomic mass is 10.0. The molecule has 2 heteroatoms. The zero-order chi connectivity index (χ0) is 10.7. The normalized spacial score (nSPS) is 22.1. The molecule has 0 bridgehead atoms. The van der Waals surface area contributed by atoms with E-state index in [1.54, 1.807) is 0 Å². The smallest absolute Gasteiger partial charge is 0.0314 e. The molecule has 1 unspecified atom stereocenters. The first kappa shape index (κ1) is 10.5. The van der Waals surface area contributed by atoms with Gasteiger partial charge in [0.05, 0.1) is 0 Å². The molecular formula is C13H20N2. The molecule has 1 saturated heterocycles. The molecule has 1 aliphatic rings. The Hall–Kier alpha value is -1.02. The van der Waals surface area contributed by atoms with E-state index < -0.39 is 0 Å². The maximum absolute atomic E-state index is 5.68. The Bertz CT molecular complexity index is 305. The van der Waals surface area contributed by atoms with Crippen LogP contribution in [0.3, 0.4) is 0 Å². The van der Waals surface area contributed by atoms with Gasteiger partial charge in [0.2, 0.25) is 0 Å². The Labute approximate surface area is 92.1 Å². The Balaban J connectivity index is 1.99. The second-order valence-corrected chi connectivity index (χ2v) is 4.37. The summed E-state index contributed by atoms with van der Waals surface area (Å²) in [6, 6.07) is 9.06. The lowest BCUT2D eigenvalue weighted by molar-refractivity contribution is 0.266. The quantitative estimate of drug-likeness (QED) is 0.765. The van der Waals surface area contributed by atoms with Gasteiger partial charge < -0.3 is 10.6 Å². The lowest BCUT2D eigenvalue weighted by Gasteiger charge is -2.22. The molecule has 0 saturated carbocycles. The summed E-state index contributed by atoms with van der Waals surface area (Å²) in [5.74, 6) is 0. The largest absolute Gasteiger partial charge is 0.399 e. The third kappa shape index (κ3) is 2.51. The van der Waals surface area contributed by atoms with Crippen LogP contribution in [0, 0.1) is 0 Å². The van der Waals surface area contributed by atoms with Crippen LogP contribution < -0.4 is 5.73 Å². The molecule has 0 amide bonds. The molecule has 2 rings (SSSR count). The molecule has 1 fully saturated rings. The van der Waals surface area contributed by atoms with Crippen LogP contribution in [-0.2, 0) is 6.42 Å². The zero-order valence-corrected chi connectivity index (χ0v) is 9.45. The predicted octanol–water partition coefficient (Wildman–Crippen LogP) is 2.30. The van der Waals surface area contributed by atoms with Gasteiger partial charge in [0.25, 0.3) is 0 Å². The fraction of sp³-hybridized carbons (Fsp3) is 0.538. The fourth-order valence-electron chi connectivity index (χ4n) is 2.47. The summed E-state index contributed by atoms with van der Waals surface area (Å²) < 4.78 is 0. The zero-order valence-electron chi connectivity index (χ0n) is 9.45. The number of benzene rings is 1. The fourth-order valence-corrected chi connectivity index (χ4v) is 2.47. The minimum Gasteiger partial charge on any atom is -0.399 e. The van der Waals surface area contributed by atoms with E-state index in [1.807, 2.05) is 12.1 Å². The summed E-state index contributed by atoms with van der Waals surface area (Å²) in [5.41, 5.74) is 7.95. The number of likely N-dealkylation sites (tertiary alicyclic amines) is 1. The lowest BCUT2D eigenvalue weighted by Crippen LogP contribution is -2.30. The Kier molecular flexibility index (Phi) is 3.27. The molecule has 15 heavy (non-hydrogen) atoms. The van der Waals surface area contributed by atoms with Crippen LogP contribution in [0.5, 0.6) is 0 Å². The maximum atomic E-state index is 5.68. The van der Waals surface area contributed by atoms with Gasteiger partial charge in [0.15, 0.2) is 0 Å². The van der Waals surface area contributed by atoms with Gasteiger partial charge in [-0.05, 0) is 50.0 Å². The summed E-state index contributed by atoms with van der Waals surface area (Å²) >= 11 is 0. The standard InChI is InChI=1S/C13H20N2/c1-2-15-9-3-4-13(15)10-11-5-7-12(14)8-6-11/h5-8,13H,2-4,9-10,14H2,1H3. The Morgan fingerprint density at radius 1 is 1.33 bits per heavy atom. The van der Waals surface area contributed by atoms with Crippen LogP contribution in [0.1, 0.15) is 25.3 Å².